The van der Waals surface area contributed by atoms with Crippen molar-refractivity contribution in [3.8, 4) is 0 Å². The number of amides is 2. The van der Waals surface area contributed by atoms with Gasteiger partial charge in [-0.15, -0.1) is 0 Å². The molecule has 4 heteroatoms. The summed E-state index contributed by atoms with van der Waals surface area (Å²) in [6.45, 7) is 6.25. The zero-order valence-corrected chi connectivity index (χ0v) is 12.4. The number of carbonyl (C=O) groups is 2. The number of hydrogen-bond donors (Lipinski definition) is 1. The molecule has 19 heavy (non-hydrogen) atoms. The van der Waals surface area contributed by atoms with Crippen molar-refractivity contribution in [2.24, 2.45) is 5.92 Å². The Morgan fingerprint density at radius 1 is 1.26 bits per heavy atom. The molecule has 2 rings (SSSR count). The monoisotopic (exact) mass is 266 g/mol. The van der Waals surface area contributed by atoms with Crippen molar-refractivity contribution in [3.05, 3.63) is 0 Å². The first-order chi connectivity index (χ1) is 9.01. The summed E-state index contributed by atoms with van der Waals surface area (Å²) in [5.41, 5.74) is -0.703. The quantitative estimate of drug-likeness (QED) is 0.850. The first kappa shape index (κ1) is 14.4. The van der Waals surface area contributed by atoms with Gasteiger partial charge in [-0.1, -0.05) is 33.1 Å². The third-order valence-electron chi connectivity index (χ3n) is 4.96. The topological polar surface area (TPSA) is 49.4 Å². The van der Waals surface area contributed by atoms with Crippen molar-refractivity contribution in [1.82, 2.24) is 10.2 Å². The highest BCUT2D eigenvalue weighted by Crippen LogP contribution is 2.33. The minimum absolute atomic E-state index is 0.00984. The average Bonchev–Trinajstić information content (AvgIpc) is 2.42. The van der Waals surface area contributed by atoms with E-state index < -0.39 is 5.54 Å². The molecule has 2 fully saturated rings. The number of piperazine rings is 1. The number of rotatable bonds is 3. The second-order valence-corrected chi connectivity index (χ2v) is 6.19. The van der Waals surface area contributed by atoms with Crippen molar-refractivity contribution < 1.29 is 9.59 Å². The van der Waals surface area contributed by atoms with Crippen LogP contribution in [0.3, 0.4) is 0 Å². The first-order valence-corrected chi connectivity index (χ1v) is 7.64. The molecule has 1 saturated heterocycles. The molecule has 0 radical (unpaired) electrons. The summed E-state index contributed by atoms with van der Waals surface area (Å²) in [6, 6.07) is 0.267. The molecule has 0 aromatic rings. The molecule has 0 spiro atoms. The number of carbonyl (C=O) groups excluding carboxylic acids is 2. The molecular weight excluding hydrogens is 240 g/mol. The predicted octanol–water partition coefficient (Wildman–Crippen LogP) is 2.08. The molecule has 3 atom stereocenters. The van der Waals surface area contributed by atoms with Gasteiger partial charge >= 0.3 is 0 Å². The minimum Gasteiger partial charge on any atom is -0.340 e. The van der Waals surface area contributed by atoms with Crippen LogP contribution >= 0.6 is 0 Å². The van der Waals surface area contributed by atoms with Gasteiger partial charge < -0.3 is 10.2 Å². The van der Waals surface area contributed by atoms with Gasteiger partial charge in [-0.05, 0) is 32.1 Å². The van der Waals surface area contributed by atoms with E-state index in [0.29, 0.717) is 12.3 Å². The third kappa shape index (κ3) is 2.63. The Morgan fingerprint density at radius 2 is 1.95 bits per heavy atom. The van der Waals surface area contributed by atoms with Crippen molar-refractivity contribution in [1.29, 1.82) is 0 Å². The van der Waals surface area contributed by atoms with Gasteiger partial charge in [0.25, 0.3) is 0 Å². The van der Waals surface area contributed by atoms with Crippen LogP contribution in [0.4, 0.5) is 0 Å². The fraction of sp³-hybridized carbons (Fsp3) is 0.867. The molecule has 1 saturated carbocycles. The van der Waals surface area contributed by atoms with Crippen molar-refractivity contribution in [2.75, 3.05) is 6.54 Å². The molecule has 2 amide bonds. The van der Waals surface area contributed by atoms with Gasteiger partial charge in [0.15, 0.2) is 0 Å². The van der Waals surface area contributed by atoms with Gasteiger partial charge in [-0.2, -0.15) is 0 Å². The summed E-state index contributed by atoms with van der Waals surface area (Å²) in [5, 5.41) is 2.86. The molecule has 108 valence electrons. The highest BCUT2D eigenvalue weighted by Gasteiger charge is 2.45. The summed E-state index contributed by atoms with van der Waals surface area (Å²) in [6.07, 6.45) is 6.42. The zero-order valence-electron chi connectivity index (χ0n) is 12.4. The molecule has 1 N–H and O–H groups in total. The van der Waals surface area contributed by atoms with Crippen LogP contribution in [0, 0.1) is 5.92 Å². The van der Waals surface area contributed by atoms with E-state index in [1.165, 1.54) is 19.3 Å². The highest BCUT2D eigenvalue weighted by molar-refractivity contribution is 5.97. The molecule has 1 aliphatic heterocycles. The van der Waals surface area contributed by atoms with Crippen LogP contribution in [0.25, 0.3) is 0 Å². The van der Waals surface area contributed by atoms with E-state index in [4.69, 9.17) is 0 Å². The Labute approximate surface area is 115 Å². The van der Waals surface area contributed by atoms with E-state index >= 15 is 0 Å². The molecule has 0 bridgehead atoms. The number of nitrogens with one attached hydrogen (secondary N) is 1. The van der Waals surface area contributed by atoms with Crippen LogP contribution in [-0.4, -0.2) is 34.8 Å². The van der Waals surface area contributed by atoms with Gasteiger partial charge in [0.1, 0.15) is 5.54 Å². The van der Waals surface area contributed by atoms with Crippen LogP contribution in [0.1, 0.15) is 59.3 Å². The lowest BCUT2D eigenvalue weighted by Gasteiger charge is -2.46. The number of hydrogen-bond acceptors (Lipinski definition) is 2. The summed E-state index contributed by atoms with van der Waals surface area (Å²) < 4.78 is 0. The summed E-state index contributed by atoms with van der Waals surface area (Å²) in [5.74, 6) is 0.661. The fourth-order valence-electron chi connectivity index (χ4n) is 3.53. The lowest BCUT2D eigenvalue weighted by molar-refractivity contribution is -0.153. The first-order valence-electron chi connectivity index (χ1n) is 7.64. The van der Waals surface area contributed by atoms with Gasteiger partial charge in [0.05, 0.1) is 6.54 Å². The molecule has 2 aliphatic rings. The zero-order chi connectivity index (χ0) is 14.0. The van der Waals surface area contributed by atoms with Crippen LogP contribution in [0.5, 0.6) is 0 Å². The second kappa shape index (κ2) is 5.51. The fourth-order valence-corrected chi connectivity index (χ4v) is 3.53. The molecule has 4 nitrogen and oxygen atoms in total. The Hall–Kier alpha value is -1.06. The summed E-state index contributed by atoms with van der Waals surface area (Å²) in [4.78, 5) is 26.5. The smallest absolute Gasteiger partial charge is 0.248 e. The van der Waals surface area contributed by atoms with E-state index in [0.717, 1.165) is 12.8 Å². The predicted molar refractivity (Wildman–Crippen MR) is 74.6 cm³/mol. The highest BCUT2D eigenvalue weighted by atomic mass is 16.2. The third-order valence-corrected chi connectivity index (χ3v) is 4.96. The molecule has 3 unspecified atom stereocenters. The van der Waals surface area contributed by atoms with E-state index in [2.05, 4.69) is 12.2 Å². The Morgan fingerprint density at radius 3 is 2.58 bits per heavy atom. The molecule has 1 aliphatic carbocycles. The van der Waals surface area contributed by atoms with Crippen molar-refractivity contribution >= 4 is 11.8 Å². The lowest BCUT2D eigenvalue weighted by Crippen LogP contribution is -2.67. The van der Waals surface area contributed by atoms with E-state index in [-0.39, 0.29) is 24.4 Å². The normalized spacial score (nSPS) is 36.3. The molecular formula is C15H26N2O2. The van der Waals surface area contributed by atoms with Crippen molar-refractivity contribution in [2.45, 2.75) is 70.9 Å². The molecule has 1 heterocycles. The van der Waals surface area contributed by atoms with Crippen LogP contribution < -0.4 is 5.32 Å². The SMILES string of the molecule is CCC1CCCCC1N1CC(=O)NC(C)(CC)C1=O. The van der Waals surface area contributed by atoms with E-state index in [1.807, 2.05) is 18.7 Å². The second-order valence-electron chi connectivity index (χ2n) is 6.19. The largest absolute Gasteiger partial charge is 0.340 e. The van der Waals surface area contributed by atoms with E-state index in [9.17, 15) is 9.59 Å². The maximum Gasteiger partial charge on any atom is 0.248 e. The molecule has 0 aromatic heterocycles. The van der Waals surface area contributed by atoms with Gasteiger partial charge in [-0.25, -0.2) is 0 Å². The summed E-state index contributed by atoms with van der Waals surface area (Å²) >= 11 is 0. The maximum absolute atomic E-state index is 12.7. The minimum atomic E-state index is -0.703. The lowest BCUT2D eigenvalue weighted by atomic mass is 9.80. The Balaban J connectivity index is 2.21. The van der Waals surface area contributed by atoms with Gasteiger partial charge in [0, 0.05) is 6.04 Å². The van der Waals surface area contributed by atoms with Gasteiger partial charge in [0.2, 0.25) is 11.8 Å². The maximum atomic E-state index is 12.7. The van der Waals surface area contributed by atoms with Crippen LogP contribution in [0.2, 0.25) is 0 Å². The average molecular weight is 266 g/mol. The van der Waals surface area contributed by atoms with Gasteiger partial charge in [-0.3, -0.25) is 9.59 Å². The molecule has 0 aromatic carbocycles. The van der Waals surface area contributed by atoms with Crippen LogP contribution in [-0.2, 0) is 9.59 Å². The number of nitrogens with zero attached hydrogens (tertiary/aromatic N) is 1. The Kier molecular flexibility index (Phi) is 4.16. The van der Waals surface area contributed by atoms with Crippen LogP contribution in [0.15, 0.2) is 0 Å². The van der Waals surface area contributed by atoms with Crippen molar-refractivity contribution in [3.63, 3.8) is 0 Å². The Bertz CT molecular complexity index is 369. The summed E-state index contributed by atoms with van der Waals surface area (Å²) in [7, 11) is 0. The standard InChI is InChI=1S/C15H26N2O2/c1-4-11-8-6-7-9-12(11)17-10-13(18)16-15(3,5-2)14(17)19/h11-12H,4-10H2,1-3H3,(H,16,18). The van der Waals surface area contributed by atoms with E-state index in [1.54, 1.807) is 0 Å².